The third-order valence-corrected chi connectivity index (χ3v) is 4.83. The number of aliphatic hydroxyl groups excluding tert-OH is 1. The molecular formula is C15H21BrO3. The monoisotopic (exact) mass is 328 g/mol. The number of rotatable bonds is 3. The number of aliphatic hydroxyl groups is 1. The summed E-state index contributed by atoms with van der Waals surface area (Å²) in [5.41, 5.74) is 0. The van der Waals surface area contributed by atoms with Crippen LogP contribution in [0.1, 0.15) is 32.6 Å². The molecule has 2 heterocycles. The highest BCUT2D eigenvalue weighted by molar-refractivity contribution is 9.09. The fourth-order valence-electron chi connectivity index (χ4n) is 2.81. The molecule has 0 spiro atoms. The predicted octanol–water partition coefficient (Wildman–Crippen LogP) is 2.42. The second-order valence-electron chi connectivity index (χ2n) is 5.19. The van der Waals surface area contributed by atoms with Crippen molar-refractivity contribution in [1.29, 1.82) is 0 Å². The number of halogens is 1. The Morgan fingerprint density at radius 2 is 2.05 bits per heavy atom. The van der Waals surface area contributed by atoms with Crippen LogP contribution < -0.4 is 0 Å². The van der Waals surface area contributed by atoms with Gasteiger partial charge in [-0.2, -0.15) is 0 Å². The molecule has 2 fully saturated rings. The minimum Gasteiger partial charge on any atom is -0.390 e. The molecule has 2 rings (SSSR count). The van der Waals surface area contributed by atoms with E-state index < -0.39 is 6.10 Å². The quantitative estimate of drug-likeness (QED) is 0.638. The van der Waals surface area contributed by atoms with Crippen molar-refractivity contribution >= 4 is 15.9 Å². The zero-order valence-corrected chi connectivity index (χ0v) is 12.8. The fourth-order valence-corrected chi connectivity index (χ4v) is 3.69. The maximum absolute atomic E-state index is 10.2. The van der Waals surface area contributed by atoms with Crippen LogP contribution >= 0.6 is 15.9 Å². The van der Waals surface area contributed by atoms with E-state index in [2.05, 4.69) is 28.8 Å². The lowest BCUT2D eigenvalue weighted by atomic mass is 9.97. The molecule has 0 aromatic heterocycles. The minimum atomic E-state index is -0.425. The van der Waals surface area contributed by atoms with Crippen molar-refractivity contribution < 1.29 is 14.6 Å². The predicted molar refractivity (Wildman–Crippen MR) is 78.2 cm³/mol. The highest BCUT2D eigenvalue weighted by Gasteiger charge is 2.43. The van der Waals surface area contributed by atoms with E-state index in [0.717, 1.165) is 19.3 Å². The Labute approximate surface area is 123 Å². The Bertz CT molecular complexity index is 363. The molecule has 0 aliphatic carbocycles. The molecule has 0 aromatic carbocycles. The van der Waals surface area contributed by atoms with Gasteiger partial charge in [0, 0.05) is 11.2 Å². The average Bonchev–Trinajstić information content (AvgIpc) is 2.79. The highest BCUT2D eigenvalue weighted by atomic mass is 79.9. The third-order valence-electron chi connectivity index (χ3n) is 3.86. The van der Waals surface area contributed by atoms with Crippen LogP contribution in [0.15, 0.2) is 12.2 Å². The van der Waals surface area contributed by atoms with Gasteiger partial charge < -0.3 is 14.6 Å². The lowest BCUT2D eigenvalue weighted by molar-refractivity contribution is -0.0532. The lowest BCUT2D eigenvalue weighted by Gasteiger charge is -2.30. The van der Waals surface area contributed by atoms with Crippen LogP contribution in [0.3, 0.4) is 0 Å². The van der Waals surface area contributed by atoms with E-state index in [4.69, 9.17) is 15.9 Å². The standard InChI is InChI=1S/C15H21BrO3/c1-3-5-6-7-13-15-9-14(19-13)11(17)8-10(16)12(4-2)18-15/h1,5-6,10-15,17H,4,7-9H2,2H3/b6-5-/t10-,11+,12+,13-,14-,15-/m1/s1. The molecule has 0 aromatic rings. The molecule has 2 aliphatic rings. The SMILES string of the molecule is C#C/C=C\C[C@H]1O[C@@H]2C[C@H]1O[C@@H](CC)[C@H](Br)C[C@@H]2O. The van der Waals surface area contributed by atoms with Crippen molar-refractivity contribution in [3.8, 4) is 12.3 Å². The molecule has 2 saturated heterocycles. The topological polar surface area (TPSA) is 38.7 Å². The second-order valence-corrected chi connectivity index (χ2v) is 6.37. The first-order valence-electron chi connectivity index (χ1n) is 6.89. The summed E-state index contributed by atoms with van der Waals surface area (Å²) >= 11 is 3.63. The van der Waals surface area contributed by atoms with Gasteiger partial charge in [-0.1, -0.05) is 34.9 Å². The smallest absolute Gasteiger partial charge is 0.0877 e. The van der Waals surface area contributed by atoms with Crippen molar-refractivity contribution in [2.75, 3.05) is 0 Å². The summed E-state index contributed by atoms with van der Waals surface area (Å²) in [7, 11) is 0. The molecule has 0 saturated carbocycles. The Hall–Kier alpha value is -0.340. The molecule has 0 radical (unpaired) electrons. The summed E-state index contributed by atoms with van der Waals surface area (Å²) < 4.78 is 12.1. The van der Waals surface area contributed by atoms with Gasteiger partial charge in [-0.25, -0.2) is 0 Å². The summed E-state index contributed by atoms with van der Waals surface area (Å²) in [6.45, 7) is 2.10. The molecule has 0 unspecified atom stereocenters. The molecule has 6 atom stereocenters. The van der Waals surface area contributed by atoms with E-state index in [1.807, 2.05) is 6.08 Å². The normalized spacial score (nSPS) is 42.8. The Morgan fingerprint density at radius 3 is 2.74 bits per heavy atom. The fraction of sp³-hybridized carbons (Fsp3) is 0.733. The number of terminal acetylenes is 1. The molecule has 4 heteroatoms. The van der Waals surface area contributed by atoms with E-state index in [1.165, 1.54) is 0 Å². The summed E-state index contributed by atoms with van der Waals surface area (Å²) in [4.78, 5) is 0.182. The van der Waals surface area contributed by atoms with Crippen molar-refractivity contribution in [1.82, 2.24) is 0 Å². The molecule has 0 amide bonds. The molecule has 2 bridgehead atoms. The number of allylic oxidation sites excluding steroid dienone is 1. The van der Waals surface area contributed by atoms with Gasteiger partial charge in [-0.3, -0.25) is 0 Å². The first-order chi connectivity index (χ1) is 9.15. The van der Waals surface area contributed by atoms with Crippen LogP contribution in [-0.2, 0) is 9.47 Å². The number of hydrogen-bond acceptors (Lipinski definition) is 3. The van der Waals surface area contributed by atoms with Crippen LogP contribution in [0.2, 0.25) is 0 Å². The van der Waals surface area contributed by atoms with Gasteiger partial charge in [0.1, 0.15) is 0 Å². The van der Waals surface area contributed by atoms with E-state index in [9.17, 15) is 5.11 Å². The van der Waals surface area contributed by atoms with Gasteiger partial charge in [-0.05, 0) is 25.3 Å². The largest absolute Gasteiger partial charge is 0.390 e. The van der Waals surface area contributed by atoms with Gasteiger partial charge >= 0.3 is 0 Å². The Kier molecular flexibility index (Phi) is 5.47. The van der Waals surface area contributed by atoms with Crippen LogP contribution in [-0.4, -0.2) is 40.5 Å². The van der Waals surface area contributed by atoms with Crippen molar-refractivity contribution in [2.24, 2.45) is 0 Å². The van der Waals surface area contributed by atoms with Crippen LogP contribution in [0, 0.1) is 12.3 Å². The number of alkyl halides is 1. The molecule has 3 nitrogen and oxygen atoms in total. The van der Waals surface area contributed by atoms with Gasteiger partial charge in [0.25, 0.3) is 0 Å². The van der Waals surface area contributed by atoms with Gasteiger partial charge in [-0.15, -0.1) is 6.42 Å². The van der Waals surface area contributed by atoms with Crippen LogP contribution in [0.4, 0.5) is 0 Å². The van der Waals surface area contributed by atoms with Crippen molar-refractivity contribution in [3.05, 3.63) is 12.2 Å². The van der Waals surface area contributed by atoms with Gasteiger partial charge in [0.05, 0.1) is 30.5 Å². The number of ether oxygens (including phenoxy) is 2. The van der Waals surface area contributed by atoms with Crippen LogP contribution in [0.5, 0.6) is 0 Å². The van der Waals surface area contributed by atoms with E-state index in [1.54, 1.807) is 6.08 Å². The zero-order chi connectivity index (χ0) is 13.8. The summed E-state index contributed by atoms with van der Waals surface area (Å²) in [5.74, 6) is 2.48. The molecule has 2 aliphatic heterocycles. The molecule has 1 N–H and O–H groups in total. The van der Waals surface area contributed by atoms with E-state index in [0.29, 0.717) is 6.42 Å². The van der Waals surface area contributed by atoms with E-state index in [-0.39, 0.29) is 29.2 Å². The molecule has 106 valence electrons. The average molecular weight is 329 g/mol. The highest BCUT2D eigenvalue weighted by Crippen LogP contribution is 2.35. The lowest BCUT2D eigenvalue weighted by Crippen LogP contribution is -2.38. The second kappa shape index (κ2) is 6.90. The maximum Gasteiger partial charge on any atom is 0.0877 e. The molecular weight excluding hydrogens is 308 g/mol. The van der Waals surface area contributed by atoms with E-state index >= 15 is 0 Å². The number of fused-ring (bicyclic) bond motifs is 2. The van der Waals surface area contributed by atoms with Crippen molar-refractivity contribution in [2.45, 2.75) is 68.0 Å². The minimum absolute atomic E-state index is 0.00361. The first kappa shape index (κ1) is 15.1. The summed E-state index contributed by atoms with van der Waals surface area (Å²) in [6.07, 6.45) is 11.6. The third kappa shape index (κ3) is 3.61. The van der Waals surface area contributed by atoms with Gasteiger partial charge in [0.2, 0.25) is 0 Å². The van der Waals surface area contributed by atoms with Crippen molar-refractivity contribution in [3.63, 3.8) is 0 Å². The number of hydrogen-bond donors (Lipinski definition) is 1. The summed E-state index contributed by atoms with van der Waals surface area (Å²) in [6, 6.07) is 0. The Morgan fingerprint density at radius 1 is 1.32 bits per heavy atom. The van der Waals surface area contributed by atoms with Gasteiger partial charge in [0.15, 0.2) is 0 Å². The Balaban J connectivity index is 2.07. The summed E-state index contributed by atoms with van der Waals surface area (Å²) in [5, 5.41) is 10.2. The maximum atomic E-state index is 10.2. The molecule has 19 heavy (non-hydrogen) atoms. The van der Waals surface area contributed by atoms with Crippen LogP contribution in [0.25, 0.3) is 0 Å². The first-order valence-corrected chi connectivity index (χ1v) is 7.81. The zero-order valence-electron chi connectivity index (χ0n) is 11.2.